The van der Waals surface area contributed by atoms with E-state index in [4.69, 9.17) is 21.1 Å². The highest BCUT2D eigenvalue weighted by molar-refractivity contribution is 6.33. The number of hydrogen-bond acceptors (Lipinski definition) is 4. The molecule has 1 heterocycles. The summed E-state index contributed by atoms with van der Waals surface area (Å²) in [6, 6.07) is 4.34. The highest BCUT2D eigenvalue weighted by Gasteiger charge is 2.15. The maximum atomic E-state index is 11.8. The fourth-order valence-corrected chi connectivity index (χ4v) is 2.03. The minimum absolute atomic E-state index is 0.190. The number of methoxy groups -OCH3 is 1. The Morgan fingerprint density at radius 2 is 2.11 bits per heavy atom. The number of aromatic nitrogens is 1. The Kier molecular flexibility index (Phi) is 3.76. The van der Waals surface area contributed by atoms with E-state index in [0.717, 1.165) is 0 Å². The van der Waals surface area contributed by atoms with Crippen molar-refractivity contribution in [1.82, 2.24) is 4.98 Å². The van der Waals surface area contributed by atoms with Crippen LogP contribution in [0.4, 0.5) is 0 Å². The van der Waals surface area contributed by atoms with Crippen LogP contribution in [0.1, 0.15) is 17.3 Å². The van der Waals surface area contributed by atoms with E-state index in [1.54, 1.807) is 19.1 Å². The normalized spacial score (nSPS) is 10.5. The van der Waals surface area contributed by atoms with Crippen LogP contribution < -0.4 is 10.3 Å². The monoisotopic (exact) mass is 281 g/mol. The minimum Gasteiger partial charge on any atom is -0.495 e. The molecular weight excluding hydrogens is 270 g/mol. The van der Waals surface area contributed by atoms with Crippen molar-refractivity contribution in [2.75, 3.05) is 13.7 Å². The number of benzene rings is 1. The Morgan fingerprint density at radius 3 is 2.74 bits per heavy atom. The van der Waals surface area contributed by atoms with Gasteiger partial charge in [-0.3, -0.25) is 4.79 Å². The highest BCUT2D eigenvalue weighted by atomic mass is 35.5. The number of carbonyl (C=O) groups excluding carboxylic acids is 1. The Balaban J connectivity index is 2.75. The summed E-state index contributed by atoms with van der Waals surface area (Å²) < 4.78 is 10.0. The molecule has 0 aliphatic rings. The van der Waals surface area contributed by atoms with E-state index in [1.165, 1.54) is 13.2 Å². The van der Waals surface area contributed by atoms with Gasteiger partial charge in [-0.15, -0.1) is 0 Å². The molecule has 1 N–H and O–H groups in total. The number of carbonyl (C=O) groups is 1. The quantitative estimate of drug-likeness (QED) is 0.877. The second kappa shape index (κ2) is 5.32. The van der Waals surface area contributed by atoms with Gasteiger partial charge in [-0.1, -0.05) is 11.6 Å². The van der Waals surface area contributed by atoms with E-state index in [9.17, 15) is 9.59 Å². The van der Waals surface area contributed by atoms with Crippen LogP contribution in [0.3, 0.4) is 0 Å². The topological polar surface area (TPSA) is 68.4 Å². The van der Waals surface area contributed by atoms with Gasteiger partial charge in [0, 0.05) is 11.5 Å². The molecule has 1 aromatic carbocycles. The van der Waals surface area contributed by atoms with Gasteiger partial charge in [0.2, 0.25) is 5.56 Å². The van der Waals surface area contributed by atoms with Gasteiger partial charge in [-0.2, -0.15) is 0 Å². The third-order valence-electron chi connectivity index (χ3n) is 2.61. The second-order valence-corrected chi connectivity index (χ2v) is 4.21. The predicted octanol–water partition coefficient (Wildman–Crippen LogP) is 2.37. The van der Waals surface area contributed by atoms with Gasteiger partial charge in [0.05, 0.1) is 29.8 Å². The Bertz CT molecular complexity index is 693. The smallest absolute Gasteiger partial charge is 0.339 e. The molecule has 0 fully saturated rings. The average molecular weight is 282 g/mol. The number of esters is 1. The summed E-state index contributed by atoms with van der Waals surface area (Å²) in [6.45, 7) is 1.93. The molecule has 0 aliphatic heterocycles. The molecule has 0 amide bonds. The number of rotatable bonds is 3. The first-order chi connectivity index (χ1) is 9.06. The van der Waals surface area contributed by atoms with Crippen LogP contribution in [-0.2, 0) is 4.74 Å². The largest absolute Gasteiger partial charge is 0.495 e. The lowest BCUT2D eigenvalue weighted by Crippen LogP contribution is -2.13. The molecule has 1 aromatic heterocycles. The molecule has 0 radical (unpaired) electrons. The van der Waals surface area contributed by atoms with Crippen LogP contribution in [0.5, 0.6) is 5.75 Å². The number of fused-ring (bicyclic) bond motifs is 1. The lowest BCUT2D eigenvalue weighted by Gasteiger charge is -2.09. The molecule has 0 atom stereocenters. The molecule has 0 saturated heterocycles. The summed E-state index contributed by atoms with van der Waals surface area (Å²) in [5.74, 6) is -0.130. The fraction of sp³-hybridized carbons (Fsp3) is 0.231. The van der Waals surface area contributed by atoms with Crippen LogP contribution in [0.15, 0.2) is 23.0 Å². The van der Waals surface area contributed by atoms with Crippen LogP contribution in [0.2, 0.25) is 5.02 Å². The fourth-order valence-electron chi connectivity index (χ4n) is 1.79. The highest BCUT2D eigenvalue weighted by Crippen LogP contribution is 2.30. The molecule has 5 nitrogen and oxygen atoms in total. The summed E-state index contributed by atoms with van der Waals surface area (Å²) in [4.78, 5) is 26.0. The molecular formula is C13H12ClNO4. The zero-order valence-corrected chi connectivity index (χ0v) is 11.2. The molecule has 2 rings (SSSR count). The first kappa shape index (κ1) is 13.4. The number of pyridine rings is 1. The van der Waals surface area contributed by atoms with Crippen molar-refractivity contribution in [3.63, 3.8) is 0 Å². The molecule has 0 bridgehead atoms. The first-order valence-electron chi connectivity index (χ1n) is 5.64. The third-order valence-corrected chi connectivity index (χ3v) is 2.91. The van der Waals surface area contributed by atoms with E-state index in [-0.39, 0.29) is 12.2 Å². The first-order valence-corrected chi connectivity index (χ1v) is 6.02. The zero-order valence-electron chi connectivity index (χ0n) is 10.5. The van der Waals surface area contributed by atoms with Gasteiger partial charge >= 0.3 is 5.97 Å². The van der Waals surface area contributed by atoms with Crippen LogP contribution in [0.25, 0.3) is 10.9 Å². The summed E-state index contributed by atoms with van der Waals surface area (Å²) in [7, 11) is 1.47. The van der Waals surface area contributed by atoms with E-state index in [2.05, 4.69) is 4.98 Å². The van der Waals surface area contributed by atoms with Crippen molar-refractivity contribution < 1.29 is 14.3 Å². The summed E-state index contributed by atoms with van der Waals surface area (Å²) in [6.07, 6.45) is 0. The van der Waals surface area contributed by atoms with E-state index < -0.39 is 11.5 Å². The van der Waals surface area contributed by atoms with Crippen molar-refractivity contribution in [3.8, 4) is 5.75 Å². The summed E-state index contributed by atoms with van der Waals surface area (Å²) in [5, 5.41) is 0.881. The number of aromatic amines is 1. The van der Waals surface area contributed by atoms with Gasteiger partial charge in [0.1, 0.15) is 5.75 Å². The number of nitrogens with one attached hydrogen (secondary N) is 1. The predicted molar refractivity (Wildman–Crippen MR) is 72.1 cm³/mol. The Hall–Kier alpha value is -2.01. The van der Waals surface area contributed by atoms with E-state index in [0.29, 0.717) is 21.7 Å². The maximum Gasteiger partial charge on any atom is 0.339 e. The molecule has 0 spiro atoms. The van der Waals surface area contributed by atoms with Crippen molar-refractivity contribution in [2.24, 2.45) is 0 Å². The van der Waals surface area contributed by atoms with Gasteiger partial charge in [-0.05, 0) is 19.1 Å². The summed E-state index contributed by atoms with van der Waals surface area (Å²) in [5.41, 5.74) is 0.258. The van der Waals surface area contributed by atoms with Gasteiger partial charge in [0.15, 0.2) is 0 Å². The Morgan fingerprint density at radius 1 is 1.37 bits per heavy atom. The average Bonchev–Trinajstić information content (AvgIpc) is 2.37. The maximum absolute atomic E-state index is 11.8. The molecule has 2 aromatic rings. The number of ether oxygens (including phenoxy) is 2. The molecule has 6 heteroatoms. The molecule has 19 heavy (non-hydrogen) atoms. The van der Waals surface area contributed by atoms with Crippen LogP contribution in [0, 0.1) is 0 Å². The SMILES string of the molecule is CCOC(=O)c1cc(=O)[nH]c2cc(Cl)c(OC)cc12. The summed E-state index contributed by atoms with van der Waals surface area (Å²) >= 11 is 5.99. The molecule has 0 unspecified atom stereocenters. The van der Waals surface area contributed by atoms with Gasteiger partial charge in [0.25, 0.3) is 0 Å². The number of H-pyrrole nitrogens is 1. The van der Waals surface area contributed by atoms with E-state index >= 15 is 0 Å². The number of halogens is 1. The molecule has 100 valence electrons. The van der Waals surface area contributed by atoms with Crippen LogP contribution >= 0.6 is 11.6 Å². The van der Waals surface area contributed by atoms with E-state index in [1.807, 2.05) is 0 Å². The zero-order chi connectivity index (χ0) is 14.0. The number of hydrogen-bond donors (Lipinski definition) is 1. The van der Waals surface area contributed by atoms with Crippen molar-refractivity contribution in [3.05, 3.63) is 39.1 Å². The van der Waals surface area contributed by atoms with Crippen molar-refractivity contribution in [2.45, 2.75) is 6.92 Å². The standard InChI is InChI=1S/C13H12ClNO4/c1-3-19-13(17)8-5-12(16)15-10-6-9(14)11(18-2)4-7(8)10/h4-6H,3H2,1-2H3,(H,15,16). The molecule has 0 saturated carbocycles. The van der Waals surface area contributed by atoms with Crippen molar-refractivity contribution in [1.29, 1.82) is 0 Å². The lowest BCUT2D eigenvalue weighted by atomic mass is 10.1. The van der Waals surface area contributed by atoms with Gasteiger partial charge in [-0.25, -0.2) is 4.79 Å². The van der Waals surface area contributed by atoms with Crippen LogP contribution in [-0.4, -0.2) is 24.7 Å². The lowest BCUT2D eigenvalue weighted by molar-refractivity contribution is 0.0528. The Labute approximate surface area is 114 Å². The minimum atomic E-state index is -0.553. The molecule has 0 aliphatic carbocycles. The third kappa shape index (κ3) is 2.56. The van der Waals surface area contributed by atoms with Gasteiger partial charge < -0.3 is 14.5 Å². The van der Waals surface area contributed by atoms with Crippen molar-refractivity contribution >= 4 is 28.5 Å². The second-order valence-electron chi connectivity index (χ2n) is 3.80.